The summed E-state index contributed by atoms with van der Waals surface area (Å²) in [5, 5.41) is 10.7. The van der Waals surface area contributed by atoms with Gasteiger partial charge in [-0.25, -0.2) is 0 Å². The molecule has 2 N–H and O–H groups in total. The average Bonchev–Trinajstić information content (AvgIpc) is 2.69. The van der Waals surface area contributed by atoms with Gasteiger partial charge in [0.15, 0.2) is 0 Å². The summed E-state index contributed by atoms with van der Waals surface area (Å²) in [6.07, 6.45) is 11.0. The van der Waals surface area contributed by atoms with E-state index in [0.717, 1.165) is 28.7 Å². The zero-order valence-electron chi connectivity index (χ0n) is 18.9. The predicted octanol–water partition coefficient (Wildman–Crippen LogP) is 4.73. The smallest absolute Gasteiger partial charge is 0.294 e. The minimum atomic E-state index is -4.39. The Morgan fingerprint density at radius 1 is 1.06 bits per heavy atom. The van der Waals surface area contributed by atoms with Crippen LogP contribution in [-0.2, 0) is 19.6 Å². The second-order valence-electron chi connectivity index (χ2n) is 9.73. The Morgan fingerprint density at radius 3 is 2.47 bits per heavy atom. The molecule has 0 saturated carbocycles. The van der Waals surface area contributed by atoms with Crippen LogP contribution in [0.2, 0.25) is 0 Å². The molecule has 172 valence electrons. The third-order valence-corrected chi connectivity index (χ3v) is 7.07. The molecular weight excluding hydrogens is 428 g/mol. The van der Waals surface area contributed by atoms with Crippen LogP contribution in [0, 0.1) is 11.3 Å². The van der Waals surface area contributed by atoms with Gasteiger partial charge in [-0.15, -0.1) is 0 Å². The molecule has 0 aromatic carbocycles. The molecule has 0 bridgehead atoms. The van der Waals surface area contributed by atoms with E-state index in [4.69, 9.17) is 9.47 Å². The number of hydrogen-bond donors (Lipinski definition) is 2. The molecule has 32 heavy (non-hydrogen) atoms. The summed E-state index contributed by atoms with van der Waals surface area (Å²) < 4.78 is 45.6. The molecule has 0 amide bonds. The minimum Gasteiger partial charge on any atom is -0.508 e. The van der Waals surface area contributed by atoms with Crippen molar-refractivity contribution >= 4 is 10.1 Å². The molecule has 0 fully saturated rings. The van der Waals surface area contributed by atoms with Crippen molar-refractivity contribution in [3.05, 3.63) is 80.6 Å². The van der Waals surface area contributed by atoms with Gasteiger partial charge in [-0.1, -0.05) is 45.1 Å². The summed E-state index contributed by atoms with van der Waals surface area (Å²) in [4.78, 5) is -0.0973. The number of allylic oxidation sites excluding steroid dienone is 8. The van der Waals surface area contributed by atoms with E-state index >= 15 is 0 Å². The SMILES string of the molecule is CC1=CC(S(=O)(=O)O)=C2C=CC3=C4C(=CC=C1C24)C(O)=CC3OCCOCCC(C)(C)C. The summed E-state index contributed by atoms with van der Waals surface area (Å²) in [7, 11) is -4.39. The maximum Gasteiger partial charge on any atom is 0.294 e. The highest BCUT2D eigenvalue weighted by Crippen LogP contribution is 2.51. The zero-order chi connectivity index (χ0) is 23.3. The van der Waals surface area contributed by atoms with E-state index in [1.807, 2.05) is 25.2 Å². The van der Waals surface area contributed by atoms with Crippen LogP contribution in [0.15, 0.2) is 80.6 Å². The Hall–Kier alpha value is -2.19. The Bertz CT molecular complexity index is 1150. The van der Waals surface area contributed by atoms with E-state index in [1.165, 1.54) is 6.08 Å². The van der Waals surface area contributed by atoms with Gasteiger partial charge in [0.25, 0.3) is 10.1 Å². The maximum atomic E-state index is 12.0. The Morgan fingerprint density at radius 2 is 1.78 bits per heavy atom. The van der Waals surface area contributed by atoms with E-state index in [9.17, 15) is 18.1 Å². The van der Waals surface area contributed by atoms with Gasteiger partial charge in [0.2, 0.25) is 0 Å². The molecule has 0 heterocycles. The van der Waals surface area contributed by atoms with Gasteiger partial charge in [0, 0.05) is 18.1 Å². The molecule has 4 aliphatic carbocycles. The highest BCUT2D eigenvalue weighted by molar-refractivity contribution is 7.90. The van der Waals surface area contributed by atoms with Crippen molar-refractivity contribution in [3.63, 3.8) is 0 Å². The minimum absolute atomic E-state index is 0.0973. The molecule has 0 spiro atoms. The summed E-state index contributed by atoms with van der Waals surface area (Å²) in [5.74, 6) is -0.269. The Kier molecular flexibility index (Phi) is 5.96. The molecule has 6 nitrogen and oxygen atoms in total. The van der Waals surface area contributed by atoms with Gasteiger partial charge < -0.3 is 14.6 Å². The molecular formula is C25H30O6S. The van der Waals surface area contributed by atoms with Crippen LogP contribution in [0.4, 0.5) is 0 Å². The molecule has 2 unspecified atom stereocenters. The molecule has 0 aliphatic heterocycles. The predicted molar refractivity (Wildman–Crippen MR) is 123 cm³/mol. The van der Waals surface area contributed by atoms with Crippen molar-refractivity contribution < 1.29 is 27.6 Å². The maximum absolute atomic E-state index is 12.0. The third-order valence-electron chi connectivity index (χ3n) is 6.16. The first-order chi connectivity index (χ1) is 15.0. The fourth-order valence-corrected chi connectivity index (χ4v) is 5.31. The number of aliphatic hydroxyl groups excluding tert-OH is 1. The van der Waals surface area contributed by atoms with Crippen LogP contribution < -0.4 is 0 Å². The first-order valence-corrected chi connectivity index (χ1v) is 12.3. The third kappa shape index (κ3) is 4.35. The van der Waals surface area contributed by atoms with E-state index in [0.29, 0.717) is 31.0 Å². The van der Waals surface area contributed by atoms with Gasteiger partial charge in [0.05, 0.1) is 18.1 Å². The van der Waals surface area contributed by atoms with Crippen LogP contribution in [0.5, 0.6) is 0 Å². The topological polar surface area (TPSA) is 93.1 Å². The highest BCUT2D eigenvalue weighted by Gasteiger charge is 2.41. The number of hydrogen-bond acceptors (Lipinski definition) is 5. The summed E-state index contributed by atoms with van der Waals surface area (Å²) in [6.45, 7) is 9.81. The lowest BCUT2D eigenvalue weighted by molar-refractivity contribution is 0.0268. The average molecular weight is 459 g/mol. The largest absolute Gasteiger partial charge is 0.508 e. The Balaban J connectivity index is 1.59. The zero-order valence-corrected chi connectivity index (χ0v) is 19.7. The van der Waals surface area contributed by atoms with Crippen molar-refractivity contribution in [2.45, 2.75) is 40.2 Å². The first-order valence-electron chi connectivity index (χ1n) is 10.8. The first kappa shape index (κ1) is 23.0. The van der Waals surface area contributed by atoms with E-state index in [2.05, 4.69) is 20.8 Å². The number of ether oxygens (including phenoxy) is 2. The van der Waals surface area contributed by atoms with Crippen LogP contribution in [0.3, 0.4) is 0 Å². The fraction of sp³-hybridized carbons (Fsp3) is 0.440. The lowest BCUT2D eigenvalue weighted by atomic mass is 9.66. The normalized spacial score (nSPS) is 24.7. The lowest BCUT2D eigenvalue weighted by Gasteiger charge is -2.39. The Labute approximate surface area is 189 Å². The fourth-order valence-electron chi connectivity index (χ4n) is 4.50. The van der Waals surface area contributed by atoms with Gasteiger partial charge in [-0.05, 0) is 58.8 Å². The van der Waals surface area contributed by atoms with Gasteiger partial charge >= 0.3 is 0 Å². The second-order valence-corrected chi connectivity index (χ2v) is 11.1. The van der Waals surface area contributed by atoms with Crippen molar-refractivity contribution in [2.75, 3.05) is 19.8 Å². The van der Waals surface area contributed by atoms with Crippen molar-refractivity contribution in [3.8, 4) is 0 Å². The van der Waals surface area contributed by atoms with E-state index in [-0.39, 0.29) is 22.0 Å². The quantitative estimate of drug-likeness (QED) is 0.423. The van der Waals surface area contributed by atoms with Gasteiger partial charge in [0.1, 0.15) is 11.9 Å². The van der Waals surface area contributed by atoms with E-state index < -0.39 is 16.2 Å². The standard InChI is InChI=1S/C25H30O6S/c1-15-13-22(32(27,28)29)19-8-7-18-21(31-12-11-30-10-9-25(2,3)4)14-20(26)17-6-5-16(15)23(19)24(17)18/h5-8,13-14,21,23,26H,9-12H2,1-4H3,(H,27,28,29). The molecule has 0 saturated heterocycles. The highest BCUT2D eigenvalue weighted by atomic mass is 32.2. The van der Waals surface area contributed by atoms with Crippen LogP contribution in [0.1, 0.15) is 34.1 Å². The van der Waals surface area contributed by atoms with Gasteiger partial charge in [-0.3, -0.25) is 4.55 Å². The lowest BCUT2D eigenvalue weighted by Crippen LogP contribution is -2.31. The summed E-state index contributed by atoms with van der Waals surface area (Å²) in [5.41, 5.74) is 4.80. The summed E-state index contributed by atoms with van der Waals surface area (Å²) in [6, 6.07) is 0. The number of aliphatic hydroxyl groups is 1. The van der Waals surface area contributed by atoms with Crippen LogP contribution >= 0.6 is 0 Å². The van der Waals surface area contributed by atoms with Crippen molar-refractivity contribution in [2.24, 2.45) is 11.3 Å². The number of rotatable bonds is 7. The molecule has 0 aromatic rings. The molecule has 0 aromatic heterocycles. The van der Waals surface area contributed by atoms with Crippen LogP contribution in [-0.4, -0.2) is 44.0 Å². The second kappa shape index (κ2) is 8.30. The molecule has 7 heteroatoms. The van der Waals surface area contributed by atoms with E-state index in [1.54, 1.807) is 12.2 Å². The molecule has 2 atom stereocenters. The monoisotopic (exact) mass is 458 g/mol. The summed E-state index contributed by atoms with van der Waals surface area (Å²) >= 11 is 0. The van der Waals surface area contributed by atoms with Crippen molar-refractivity contribution in [1.82, 2.24) is 0 Å². The van der Waals surface area contributed by atoms with Crippen molar-refractivity contribution in [1.29, 1.82) is 0 Å². The molecule has 4 rings (SSSR count). The van der Waals surface area contributed by atoms with Gasteiger partial charge in [-0.2, -0.15) is 8.42 Å². The molecule has 0 radical (unpaired) electrons. The van der Waals surface area contributed by atoms with Crippen LogP contribution in [0.25, 0.3) is 0 Å². The molecule has 4 aliphatic rings.